The van der Waals surface area contributed by atoms with Crippen LogP contribution in [0, 0.1) is 11.6 Å². The molecule has 0 aliphatic heterocycles. The van der Waals surface area contributed by atoms with Crippen LogP contribution >= 0.6 is 12.2 Å². The van der Waals surface area contributed by atoms with Gasteiger partial charge < -0.3 is 19.4 Å². The third kappa shape index (κ3) is 3.92. The summed E-state index contributed by atoms with van der Waals surface area (Å²) in [5, 5.41) is 9.89. The van der Waals surface area contributed by atoms with Crippen molar-refractivity contribution >= 4 is 18.2 Å². The van der Waals surface area contributed by atoms with Crippen molar-refractivity contribution < 1.29 is 27.8 Å². The quantitative estimate of drug-likeness (QED) is 0.552. The number of hydrogen-bond acceptors (Lipinski definition) is 5. The number of carboxylic acid groups (broad SMARTS) is 1. The van der Waals surface area contributed by atoms with Crippen molar-refractivity contribution in [2.75, 3.05) is 0 Å². The molecule has 0 atom stereocenters. The van der Waals surface area contributed by atoms with Gasteiger partial charge in [0.2, 0.25) is 0 Å². The van der Waals surface area contributed by atoms with E-state index in [0.29, 0.717) is 27.4 Å². The van der Waals surface area contributed by atoms with Gasteiger partial charge in [-0.2, -0.15) is 0 Å². The molecule has 1 aliphatic rings. The van der Waals surface area contributed by atoms with E-state index in [4.69, 9.17) is 12.2 Å². The zero-order chi connectivity index (χ0) is 21.6. The highest BCUT2D eigenvalue weighted by Crippen LogP contribution is 2.42. The Morgan fingerprint density at radius 3 is 2.50 bits per heavy atom. The van der Waals surface area contributed by atoms with E-state index in [9.17, 15) is 23.1 Å². The van der Waals surface area contributed by atoms with Gasteiger partial charge in [-0.15, -0.1) is 13.2 Å². The van der Waals surface area contributed by atoms with Gasteiger partial charge in [0, 0.05) is 17.8 Å². The summed E-state index contributed by atoms with van der Waals surface area (Å²) in [5.41, 5.74) is 0.952. The number of alkyl halides is 3. The Labute approximate surface area is 173 Å². The molecule has 1 aliphatic carbocycles. The number of aromatic nitrogens is 4. The van der Waals surface area contributed by atoms with Gasteiger partial charge in [0.1, 0.15) is 27.7 Å². The molecule has 30 heavy (non-hydrogen) atoms. The maximum Gasteiger partial charge on any atom is 0.573 e. The second kappa shape index (κ2) is 7.24. The van der Waals surface area contributed by atoms with Gasteiger partial charge in [-0.1, -0.05) is 12.2 Å². The molecule has 0 saturated heterocycles. The number of carboxylic acids is 1. The summed E-state index contributed by atoms with van der Waals surface area (Å²) in [4.78, 5) is 23.7. The number of rotatable bonds is 5. The second-order valence-electron chi connectivity index (χ2n) is 6.82. The summed E-state index contributed by atoms with van der Waals surface area (Å²) in [5.74, 6) is -0.650. The number of nitrogens with zero attached hydrogens (tertiary/aromatic N) is 3. The number of aromatic amines is 1. The number of hydrogen-bond donors (Lipinski definition) is 2. The van der Waals surface area contributed by atoms with Crippen LogP contribution in [0.5, 0.6) is 5.75 Å². The fourth-order valence-corrected chi connectivity index (χ4v) is 3.47. The topological polar surface area (TPSA) is 93.0 Å². The van der Waals surface area contributed by atoms with Gasteiger partial charge in [-0.3, -0.25) is 0 Å². The highest BCUT2D eigenvalue weighted by atomic mass is 32.1. The predicted octanol–water partition coefficient (Wildman–Crippen LogP) is 4.91. The van der Waals surface area contributed by atoms with Crippen LogP contribution in [0.1, 0.15) is 35.2 Å². The van der Waals surface area contributed by atoms with Gasteiger partial charge in [0.25, 0.3) is 0 Å². The molecule has 7 nitrogen and oxygen atoms in total. The number of aromatic carboxylic acids is 1. The lowest BCUT2D eigenvalue weighted by Gasteiger charge is -2.11. The molecule has 0 amide bonds. The van der Waals surface area contributed by atoms with Crippen molar-refractivity contribution in [3.63, 3.8) is 0 Å². The van der Waals surface area contributed by atoms with Gasteiger partial charge in [0.15, 0.2) is 5.69 Å². The molecule has 2 aromatic heterocycles. The molecule has 4 rings (SSSR count). The molecular formula is C19H15F3N4O3S. The Bertz CT molecular complexity index is 1180. The number of H-pyrrole nitrogens is 1. The Hall–Kier alpha value is -3.21. The zero-order valence-electron chi connectivity index (χ0n) is 15.5. The standard InChI is InChI=1S/C19H15F3N4O3S/c1-9-23-8-13(17(30)24-9)14-15(18(27)28)26(11-4-5-11)16(25-14)10-2-6-12(7-3-10)29-19(20,21)22/h2-3,6-8,11H,4-5H2,1H3,(H,27,28)(H,23,24,30). The van der Waals surface area contributed by atoms with Gasteiger partial charge in [-0.25, -0.2) is 14.8 Å². The molecule has 2 heterocycles. The SMILES string of the molecule is Cc1ncc(-c2nc(-c3ccc(OC(F)(F)F)cc3)n(C3CC3)c2C(=O)O)c(=S)[nH]1. The lowest BCUT2D eigenvalue weighted by Crippen LogP contribution is -2.17. The molecule has 0 spiro atoms. The number of carbonyl (C=O) groups is 1. The molecule has 0 unspecified atom stereocenters. The van der Waals surface area contributed by atoms with Crippen LogP contribution in [0.4, 0.5) is 13.2 Å². The number of halogens is 3. The third-order valence-corrected chi connectivity index (χ3v) is 4.88. The van der Waals surface area contributed by atoms with E-state index in [0.717, 1.165) is 25.0 Å². The average molecular weight is 436 g/mol. The minimum atomic E-state index is -4.80. The van der Waals surface area contributed by atoms with Crippen molar-refractivity contribution in [1.82, 2.24) is 19.5 Å². The number of nitrogens with one attached hydrogen (secondary N) is 1. The molecule has 0 radical (unpaired) electrons. The van der Waals surface area contributed by atoms with Crippen LogP contribution in [0.2, 0.25) is 0 Å². The van der Waals surface area contributed by atoms with E-state index in [1.165, 1.54) is 18.3 Å². The maximum atomic E-state index is 12.4. The first-order valence-electron chi connectivity index (χ1n) is 8.92. The summed E-state index contributed by atoms with van der Waals surface area (Å²) in [6.45, 7) is 1.72. The first-order chi connectivity index (χ1) is 14.1. The highest BCUT2D eigenvalue weighted by Gasteiger charge is 2.35. The van der Waals surface area contributed by atoms with Gasteiger partial charge >= 0.3 is 12.3 Å². The second-order valence-corrected chi connectivity index (χ2v) is 7.23. The normalized spacial score (nSPS) is 14.0. The van der Waals surface area contributed by atoms with Crippen LogP contribution in [-0.2, 0) is 0 Å². The first kappa shape index (κ1) is 20.1. The van der Waals surface area contributed by atoms with E-state index >= 15 is 0 Å². The predicted molar refractivity (Wildman–Crippen MR) is 103 cm³/mol. The lowest BCUT2D eigenvalue weighted by atomic mass is 10.2. The fraction of sp³-hybridized carbons (Fsp3) is 0.263. The van der Waals surface area contributed by atoms with E-state index < -0.39 is 12.3 Å². The van der Waals surface area contributed by atoms with Crippen molar-refractivity contribution in [2.24, 2.45) is 0 Å². The summed E-state index contributed by atoms with van der Waals surface area (Å²) in [6, 6.07) is 5.08. The lowest BCUT2D eigenvalue weighted by molar-refractivity contribution is -0.274. The smallest absolute Gasteiger partial charge is 0.477 e. The number of aryl methyl sites for hydroxylation is 1. The largest absolute Gasteiger partial charge is 0.573 e. The van der Waals surface area contributed by atoms with Crippen molar-refractivity contribution in [3.8, 4) is 28.4 Å². The van der Waals surface area contributed by atoms with Crippen LogP contribution in [0.3, 0.4) is 0 Å². The summed E-state index contributed by atoms with van der Waals surface area (Å²) in [6.07, 6.45) is -1.79. The zero-order valence-corrected chi connectivity index (χ0v) is 16.3. The molecule has 11 heteroatoms. The molecule has 156 valence electrons. The van der Waals surface area contributed by atoms with E-state index in [-0.39, 0.29) is 23.2 Å². The Balaban J connectivity index is 1.86. The average Bonchev–Trinajstić information content (AvgIpc) is 3.41. The van der Waals surface area contributed by atoms with E-state index in [1.54, 1.807) is 11.5 Å². The van der Waals surface area contributed by atoms with Gasteiger partial charge in [-0.05, 0) is 44.0 Å². The number of ether oxygens (including phenoxy) is 1. The van der Waals surface area contributed by atoms with Crippen molar-refractivity contribution in [3.05, 3.63) is 46.6 Å². The molecule has 1 aromatic carbocycles. The van der Waals surface area contributed by atoms with E-state index in [1.807, 2.05) is 0 Å². The molecule has 0 bridgehead atoms. The summed E-state index contributed by atoms with van der Waals surface area (Å²) in [7, 11) is 0. The van der Waals surface area contributed by atoms with Crippen LogP contribution in [0.15, 0.2) is 30.5 Å². The monoisotopic (exact) mass is 436 g/mol. The van der Waals surface area contributed by atoms with Crippen molar-refractivity contribution in [2.45, 2.75) is 32.2 Å². The Kier molecular flexibility index (Phi) is 4.85. The third-order valence-electron chi connectivity index (χ3n) is 4.55. The number of benzene rings is 1. The molecule has 1 saturated carbocycles. The molecule has 1 fully saturated rings. The van der Waals surface area contributed by atoms with Crippen LogP contribution in [-0.4, -0.2) is 37.0 Å². The Morgan fingerprint density at radius 1 is 1.30 bits per heavy atom. The molecular weight excluding hydrogens is 421 g/mol. The molecule has 3 aromatic rings. The first-order valence-corrected chi connectivity index (χ1v) is 9.33. The van der Waals surface area contributed by atoms with Crippen molar-refractivity contribution in [1.29, 1.82) is 0 Å². The summed E-state index contributed by atoms with van der Waals surface area (Å²) >= 11 is 5.33. The van der Waals surface area contributed by atoms with Crippen LogP contribution < -0.4 is 4.74 Å². The maximum absolute atomic E-state index is 12.4. The highest BCUT2D eigenvalue weighted by molar-refractivity contribution is 7.71. The summed E-state index contributed by atoms with van der Waals surface area (Å²) < 4.78 is 43.1. The number of imidazole rings is 1. The molecule has 2 N–H and O–H groups in total. The minimum Gasteiger partial charge on any atom is -0.477 e. The van der Waals surface area contributed by atoms with Crippen LogP contribution in [0.25, 0.3) is 22.6 Å². The Morgan fingerprint density at radius 2 is 1.97 bits per heavy atom. The fourth-order valence-electron chi connectivity index (χ4n) is 3.17. The minimum absolute atomic E-state index is 0.0340. The van der Waals surface area contributed by atoms with E-state index in [2.05, 4.69) is 19.7 Å². The van der Waals surface area contributed by atoms with Gasteiger partial charge in [0.05, 0.1) is 5.56 Å².